The number of nitrogens with one attached hydrogen (secondary N) is 1. The van der Waals surface area contributed by atoms with Crippen molar-refractivity contribution in [2.24, 2.45) is 0 Å². The monoisotopic (exact) mass is 956 g/mol. The van der Waals surface area contributed by atoms with Crippen LogP contribution in [0.2, 0.25) is 10.0 Å². The van der Waals surface area contributed by atoms with Gasteiger partial charge in [0.25, 0.3) is 0 Å². The van der Waals surface area contributed by atoms with Gasteiger partial charge in [0.2, 0.25) is 0 Å². The lowest BCUT2D eigenvalue weighted by molar-refractivity contribution is -0.145. The first-order chi connectivity index (χ1) is 31.7. The van der Waals surface area contributed by atoms with Gasteiger partial charge in [-0.2, -0.15) is 0 Å². The van der Waals surface area contributed by atoms with Crippen molar-refractivity contribution >= 4 is 63.5 Å². The summed E-state index contributed by atoms with van der Waals surface area (Å²) in [5.74, 6) is -1.46. The molecule has 4 aromatic heterocycles. The van der Waals surface area contributed by atoms with Crippen molar-refractivity contribution in [2.75, 3.05) is 13.1 Å². The fourth-order valence-corrected chi connectivity index (χ4v) is 8.77. The van der Waals surface area contributed by atoms with E-state index in [9.17, 15) is 19.5 Å². The minimum absolute atomic E-state index is 0. The number of hydrogen-bond acceptors (Lipinski definition) is 9. The Kier molecular flexibility index (Phi) is 18.7. The number of likely N-dealkylation sites (tertiary alicyclic amines) is 1. The molecule has 0 saturated carbocycles. The summed E-state index contributed by atoms with van der Waals surface area (Å²) in [5, 5.41) is 32.9. The number of rotatable bonds is 9. The van der Waals surface area contributed by atoms with Crippen LogP contribution in [0.4, 0.5) is 0 Å². The smallest absolute Gasteiger partial charge is 0.320 e. The molecule has 0 aliphatic carbocycles. The summed E-state index contributed by atoms with van der Waals surface area (Å²) < 4.78 is 3.46. The van der Waals surface area contributed by atoms with E-state index in [2.05, 4.69) is 25.5 Å². The van der Waals surface area contributed by atoms with E-state index in [-0.39, 0.29) is 28.3 Å². The third-order valence-corrected chi connectivity index (χ3v) is 12.2. The van der Waals surface area contributed by atoms with Gasteiger partial charge in [-0.25, -0.2) is 19.3 Å². The molecule has 3 N–H and O–H groups in total. The molecular weight excluding hydrogens is 900 g/mol. The number of pyridine rings is 2. The molecule has 2 unspecified atom stereocenters. The zero-order chi connectivity index (χ0) is 45.3. The van der Waals surface area contributed by atoms with E-state index in [1.54, 1.807) is 21.6 Å². The summed E-state index contributed by atoms with van der Waals surface area (Å²) in [6, 6.07) is 34.8. The van der Waals surface area contributed by atoms with Crippen molar-refractivity contribution in [1.82, 2.24) is 39.7 Å². The molecule has 15 heteroatoms. The number of fused-ring (bicyclic) bond motifs is 2. The highest BCUT2D eigenvalue weighted by Gasteiger charge is 2.28. The van der Waals surface area contributed by atoms with Crippen LogP contribution in [0.3, 0.4) is 0 Å². The summed E-state index contributed by atoms with van der Waals surface area (Å²) >= 11 is 13.4. The van der Waals surface area contributed by atoms with Gasteiger partial charge in [-0.05, 0) is 79.7 Å². The maximum Gasteiger partial charge on any atom is 0.320 e. The Hall–Kier alpha value is -6.77. The Morgan fingerprint density at radius 2 is 1.21 bits per heavy atom. The lowest BCUT2D eigenvalue weighted by Gasteiger charge is -2.32. The number of carboxylic acids is 2. The lowest BCUT2D eigenvalue weighted by atomic mass is 10.0. The van der Waals surface area contributed by atoms with Gasteiger partial charge in [0, 0.05) is 58.8 Å². The van der Waals surface area contributed by atoms with E-state index < -0.39 is 18.0 Å². The number of hydrogen-bond donors (Lipinski definition) is 3. The van der Waals surface area contributed by atoms with Gasteiger partial charge in [0.05, 0.1) is 21.4 Å². The third kappa shape index (κ3) is 12.2. The topological polar surface area (TPSA) is 168 Å². The van der Waals surface area contributed by atoms with Gasteiger partial charge >= 0.3 is 11.9 Å². The van der Waals surface area contributed by atoms with Crippen molar-refractivity contribution in [2.45, 2.75) is 79.4 Å². The molecule has 2 aliphatic heterocycles. The molecule has 2 saturated heterocycles. The molecule has 10 rings (SSSR count). The van der Waals surface area contributed by atoms with Crippen LogP contribution in [0.15, 0.2) is 134 Å². The van der Waals surface area contributed by atoms with Crippen LogP contribution < -0.4 is 5.32 Å². The highest BCUT2D eigenvalue weighted by atomic mass is 35.5. The largest absolute Gasteiger partial charge is 0.480 e. The van der Waals surface area contributed by atoms with Crippen LogP contribution in [0.5, 0.6) is 0 Å². The number of aromatic nitrogens is 6. The molecular formula is C53H58Cl2N8O5. The van der Waals surface area contributed by atoms with Gasteiger partial charge in [-0.1, -0.05) is 143 Å². The van der Waals surface area contributed by atoms with E-state index in [1.165, 1.54) is 6.20 Å². The van der Waals surface area contributed by atoms with Crippen molar-refractivity contribution in [3.05, 3.63) is 155 Å². The number of aldehydes is 1. The molecule has 0 spiro atoms. The maximum atomic E-state index is 11.6. The highest BCUT2D eigenvalue weighted by molar-refractivity contribution is 6.35. The number of carbonyl (C=O) groups is 3. The predicted molar refractivity (Wildman–Crippen MR) is 273 cm³/mol. The van der Waals surface area contributed by atoms with Gasteiger partial charge in [0.1, 0.15) is 12.1 Å². The zero-order valence-electron chi connectivity index (χ0n) is 35.3. The lowest BCUT2D eigenvalue weighted by Crippen LogP contribution is -2.44. The average molecular weight is 958 g/mol. The number of nitrogens with zero attached hydrogens (tertiary/aromatic N) is 7. The quantitative estimate of drug-likeness (QED) is 0.118. The van der Waals surface area contributed by atoms with E-state index >= 15 is 0 Å². The first kappa shape index (κ1) is 52.2. The molecule has 0 radical (unpaired) electrons. The molecule has 0 amide bonds. The molecule has 6 heterocycles. The van der Waals surface area contributed by atoms with Crippen LogP contribution in [-0.2, 0) is 16.1 Å². The van der Waals surface area contributed by atoms with Gasteiger partial charge in [0.15, 0.2) is 17.6 Å². The minimum atomic E-state index is -0.750. The Bertz CT molecular complexity index is 2940. The first-order valence-corrected chi connectivity index (χ1v) is 22.2. The van der Waals surface area contributed by atoms with E-state index in [1.807, 2.05) is 120 Å². The molecule has 2 aliphatic rings. The number of aliphatic carboxylic acids is 2. The molecule has 2 fully saturated rings. The molecule has 8 aromatic rings. The number of halogens is 2. The van der Waals surface area contributed by atoms with Crippen molar-refractivity contribution in [3.63, 3.8) is 0 Å². The molecule has 68 heavy (non-hydrogen) atoms. The second kappa shape index (κ2) is 24.3. The third-order valence-electron chi connectivity index (χ3n) is 11.4. The van der Waals surface area contributed by atoms with Gasteiger partial charge < -0.3 is 15.5 Å². The summed E-state index contributed by atoms with van der Waals surface area (Å²) in [4.78, 5) is 43.5. The van der Waals surface area contributed by atoms with Gasteiger partial charge in [-0.15, -0.1) is 10.2 Å². The van der Waals surface area contributed by atoms with E-state index in [0.29, 0.717) is 39.9 Å². The summed E-state index contributed by atoms with van der Waals surface area (Å²) in [5.41, 5.74) is 8.23. The van der Waals surface area contributed by atoms with E-state index in [0.717, 1.165) is 101 Å². The van der Waals surface area contributed by atoms with Crippen LogP contribution in [0, 0.1) is 0 Å². The van der Waals surface area contributed by atoms with E-state index in [4.69, 9.17) is 28.3 Å². The number of piperidine rings is 2. The van der Waals surface area contributed by atoms with Crippen molar-refractivity contribution < 1.29 is 24.6 Å². The van der Waals surface area contributed by atoms with Crippen LogP contribution in [0.25, 0.3) is 55.7 Å². The Morgan fingerprint density at radius 1 is 0.662 bits per heavy atom. The molecule has 354 valence electrons. The van der Waals surface area contributed by atoms with Gasteiger partial charge in [-0.3, -0.25) is 19.3 Å². The number of carbonyl (C=O) groups excluding carboxylic acids is 1. The normalized spacial score (nSPS) is 15.5. The molecule has 2 atom stereocenters. The Balaban J connectivity index is 0.000000212. The summed E-state index contributed by atoms with van der Waals surface area (Å²) in [6.45, 7) is 2.21. The molecule has 4 aromatic carbocycles. The first-order valence-electron chi connectivity index (χ1n) is 21.4. The van der Waals surface area contributed by atoms with Crippen LogP contribution in [0.1, 0.15) is 76.7 Å². The predicted octanol–water partition coefficient (Wildman–Crippen LogP) is 11.9. The molecule has 13 nitrogen and oxygen atoms in total. The second-order valence-electron chi connectivity index (χ2n) is 15.9. The fraction of sp³-hybridized carbons (Fsp3) is 0.264. The number of benzene rings is 4. The fourth-order valence-electron chi connectivity index (χ4n) is 8.12. The summed E-state index contributed by atoms with van der Waals surface area (Å²) in [6.07, 6.45) is 13.4. The van der Waals surface area contributed by atoms with Crippen molar-refractivity contribution in [3.8, 4) is 33.6 Å². The van der Waals surface area contributed by atoms with Crippen molar-refractivity contribution in [1.29, 1.82) is 0 Å². The SMILES string of the molecule is C.C.C.O=C(O)C1CCCCN1.O=C(O)C1CCCCN1Cc1cnc2nn(-c3cccc(-c4ccccc4)c3Cl)cc2c1.O=Cc1cnc2nn(-c3cccc(-c4ccccc4)c3Cl)cc2c1. The molecule has 0 bridgehead atoms. The minimum Gasteiger partial charge on any atom is -0.480 e. The highest BCUT2D eigenvalue weighted by Crippen LogP contribution is 2.34. The second-order valence-corrected chi connectivity index (χ2v) is 16.6. The zero-order valence-corrected chi connectivity index (χ0v) is 36.8. The van der Waals surface area contributed by atoms with Crippen LogP contribution in [-0.4, -0.2) is 88.0 Å². The number of carboxylic acid groups (broad SMARTS) is 2. The summed E-state index contributed by atoms with van der Waals surface area (Å²) in [7, 11) is 0. The van der Waals surface area contributed by atoms with Crippen LogP contribution >= 0.6 is 23.2 Å². The Labute approximate surface area is 407 Å². The Morgan fingerprint density at radius 3 is 1.71 bits per heavy atom. The standard InChI is InChI=1S/C25H23ClN4O2.C19H12ClN3O.C6H11NO2.3CH4/c26-23-20(18-7-2-1-3-8-18)9-6-11-21(23)30-16-19-13-17(14-27-24(19)28-30)15-29-12-5-4-10-22(29)25(31)32;20-18-16(14-5-2-1-3-6-14)7-4-8-17(18)23-11-15-9-13(12-24)10-21-19(15)22-23;8-6(9)5-3-1-2-4-7-5;;;/h1-3,6-9,11,13-14,16,22H,4-5,10,12,15H2,(H,31,32);1-12H;5,7H,1-4H2,(H,8,9);3*1H4. The maximum absolute atomic E-state index is 11.6. The average Bonchev–Trinajstić information content (AvgIpc) is 3.97.